The van der Waals surface area contributed by atoms with Gasteiger partial charge in [-0.1, -0.05) is 34.1 Å². The zero-order valence-electron chi connectivity index (χ0n) is 22.8. The van der Waals surface area contributed by atoms with E-state index in [9.17, 15) is 22.4 Å². The Morgan fingerprint density at radius 3 is 1.97 bits per heavy atom. The van der Waals surface area contributed by atoms with Crippen molar-refractivity contribution >= 4 is 17.3 Å². The van der Waals surface area contributed by atoms with E-state index in [1.165, 1.54) is 25.7 Å². The third-order valence-electron chi connectivity index (χ3n) is 4.14. The predicted octanol–water partition coefficient (Wildman–Crippen LogP) is 6.21. The van der Waals surface area contributed by atoms with Gasteiger partial charge < -0.3 is 14.5 Å². The largest absolute Gasteiger partial charge is 0.494 e. The summed E-state index contributed by atoms with van der Waals surface area (Å²) in [4.78, 5) is 16.5. The summed E-state index contributed by atoms with van der Waals surface area (Å²) in [5.74, 6) is 0.281. The minimum Gasteiger partial charge on any atom is -0.494 e. The molecule has 0 saturated carbocycles. The van der Waals surface area contributed by atoms with E-state index in [2.05, 4.69) is 23.8 Å². The minimum absolute atomic E-state index is 0.0811. The van der Waals surface area contributed by atoms with Crippen LogP contribution < -0.4 is 9.64 Å². The Hall–Kier alpha value is -2.52. The molecule has 1 aliphatic heterocycles. The van der Waals surface area contributed by atoms with Gasteiger partial charge in [-0.2, -0.15) is 18.3 Å². The van der Waals surface area contributed by atoms with Crippen molar-refractivity contribution < 1.29 is 27.1 Å². The van der Waals surface area contributed by atoms with Gasteiger partial charge in [0.25, 0.3) is 0 Å². The Morgan fingerprint density at radius 1 is 1.09 bits per heavy atom. The minimum atomic E-state index is -4.00. The first-order valence-electron chi connectivity index (χ1n) is 12.1. The molecule has 0 spiro atoms. The number of likely N-dealkylation sites (N-methyl/N-ethyl adjacent to an activating group) is 1. The summed E-state index contributed by atoms with van der Waals surface area (Å²) in [6.07, 6.45) is -2.75. The first-order valence-corrected chi connectivity index (χ1v) is 12.1. The van der Waals surface area contributed by atoms with Gasteiger partial charge in [0.15, 0.2) is 0 Å². The Balaban J connectivity index is 0. The van der Waals surface area contributed by atoms with Crippen LogP contribution in [-0.2, 0) is 4.79 Å². The highest BCUT2D eigenvalue weighted by molar-refractivity contribution is 5.80. The number of amides is 1. The van der Waals surface area contributed by atoms with Gasteiger partial charge in [0.2, 0.25) is 5.91 Å². The molecular weight excluding hydrogens is 464 g/mol. The molecule has 1 aromatic carbocycles. The van der Waals surface area contributed by atoms with Gasteiger partial charge in [0.1, 0.15) is 18.1 Å². The lowest BCUT2D eigenvalue weighted by Crippen LogP contribution is -2.51. The third kappa shape index (κ3) is 16.7. The Kier molecular flexibility index (Phi) is 18.6. The number of piperazine rings is 1. The SMILES string of the molecule is CC.CC(F)(F)F.CCC.CCN(CC(=O)N1CCN(c2ccc(F)cc2OC)CC1)N=C(C)C. The zero-order chi connectivity index (χ0) is 27.6. The number of anilines is 1. The molecule has 0 aromatic heterocycles. The summed E-state index contributed by atoms with van der Waals surface area (Å²) in [5.41, 5.74) is 1.79. The van der Waals surface area contributed by atoms with Crippen molar-refractivity contribution in [3.8, 4) is 5.75 Å². The molecule has 35 heavy (non-hydrogen) atoms. The van der Waals surface area contributed by atoms with E-state index in [1.807, 2.05) is 39.5 Å². The van der Waals surface area contributed by atoms with Crippen LogP contribution in [0.25, 0.3) is 0 Å². The van der Waals surface area contributed by atoms with Crippen LogP contribution in [0, 0.1) is 5.82 Å². The monoisotopic (exact) mass is 508 g/mol. The van der Waals surface area contributed by atoms with E-state index in [0.717, 1.165) is 11.4 Å². The van der Waals surface area contributed by atoms with E-state index >= 15 is 0 Å². The summed E-state index contributed by atoms with van der Waals surface area (Å²) in [7, 11) is 1.54. The van der Waals surface area contributed by atoms with Gasteiger partial charge in [-0.15, -0.1) is 0 Å². The molecule has 0 atom stereocenters. The normalized spacial score (nSPS) is 12.6. The first kappa shape index (κ1) is 34.6. The standard InChI is InChI=1S/C18H27FN4O2.C3H8.C2H3F3.C2H6/c1-5-23(20-14(2)3)13-18(24)22-10-8-21(9-11-22)16-7-6-15(19)12-17(16)25-4;1-3-2;1-2(3,4)5;1-2/h6-7,12H,5,8-11,13H2,1-4H3;3H2,1-2H3;1H3;1-2H3. The van der Waals surface area contributed by atoms with Crippen molar-refractivity contribution in [1.29, 1.82) is 0 Å². The van der Waals surface area contributed by atoms with Crippen LogP contribution in [0.1, 0.15) is 61.8 Å². The van der Waals surface area contributed by atoms with Crippen molar-refractivity contribution in [2.75, 3.05) is 51.3 Å². The number of alkyl halides is 3. The van der Waals surface area contributed by atoms with E-state index in [0.29, 0.717) is 45.0 Å². The summed E-state index contributed by atoms with van der Waals surface area (Å²) in [6.45, 7) is 17.9. The molecule has 6 nitrogen and oxygen atoms in total. The summed E-state index contributed by atoms with van der Waals surface area (Å²) >= 11 is 0. The van der Waals surface area contributed by atoms with Crippen LogP contribution in [0.15, 0.2) is 23.3 Å². The zero-order valence-corrected chi connectivity index (χ0v) is 22.8. The lowest BCUT2D eigenvalue weighted by atomic mass is 10.2. The molecule has 2 rings (SSSR count). The van der Waals surface area contributed by atoms with E-state index < -0.39 is 6.18 Å². The first-order chi connectivity index (χ1) is 16.4. The Labute approximate surface area is 208 Å². The number of ether oxygens (including phenoxy) is 1. The maximum absolute atomic E-state index is 13.3. The highest BCUT2D eigenvalue weighted by Crippen LogP contribution is 2.29. The lowest BCUT2D eigenvalue weighted by Gasteiger charge is -2.37. The lowest BCUT2D eigenvalue weighted by molar-refractivity contribution is -0.132. The maximum atomic E-state index is 13.3. The van der Waals surface area contributed by atoms with Gasteiger partial charge in [-0.25, -0.2) is 4.39 Å². The average Bonchev–Trinajstić information content (AvgIpc) is 2.79. The number of benzene rings is 1. The second-order valence-electron chi connectivity index (χ2n) is 7.70. The molecule has 1 fully saturated rings. The second kappa shape index (κ2) is 18.8. The van der Waals surface area contributed by atoms with E-state index in [4.69, 9.17) is 4.74 Å². The molecule has 1 aromatic rings. The van der Waals surface area contributed by atoms with E-state index in [-0.39, 0.29) is 18.6 Å². The number of hydrazone groups is 1. The predicted molar refractivity (Wildman–Crippen MR) is 137 cm³/mol. The summed E-state index contributed by atoms with van der Waals surface area (Å²) in [6, 6.07) is 4.54. The van der Waals surface area contributed by atoms with Gasteiger partial charge in [0.05, 0.1) is 12.8 Å². The van der Waals surface area contributed by atoms with Crippen molar-refractivity contribution in [3.05, 3.63) is 24.0 Å². The molecule has 1 heterocycles. The fraction of sp³-hybridized carbons (Fsp3) is 0.680. The van der Waals surface area contributed by atoms with E-state index in [1.54, 1.807) is 11.1 Å². The number of hydrogen-bond donors (Lipinski definition) is 0. The van der Waals surface area contributed by atoms with Gasteiger partial charge in [-0.05, 0) is 32.9 Å². The molecular formula is C25H44F4N4O2. The number of rotatable bonds is 6. The summed E-state index contributed by atoms with van der Waals surface area (Å²) in [5, 5.41) is 6.15. The maximum Gasteiger partial charge on any atom is 0.386 e. The van der Waals surface area contributed by atoms with Crippen LogP contribution in [-0.4, -0.2) is 74.1 Å². The summed E-state index contributed by atoms with van der Waals surface area (Å²) < 4.78 is 49.7. The third-order valence-corrected chi connectivity index (χ3v) is 4.14. The Bertz CT molecular complexity index is 725. The number of nitrogens with zero attached hydrogens (tertiary/aromatic N) is 4. The Morgan fingerprint density at radius 2 is 1.57 bits per heavy atom. The molecule has 0 unspecified atom stereocenters. The number of hydrogen-bond acceptors (Lipinski definition) is 5. The smallest absolute Gasteiger partial charge is 0.386 e. The van der Waals surface area contributed by atoms with Crippen LogP contribution in [0.3, 0.4) is 0 Å². The fourth-order valence-electron chi connectivity index (χ4n) is 2.87. The fourth-order valence-corrected chi connectivity index (χ4v) is 2.87. The topological polar surface area (TPSA) is 48.4 Å². The highest BCUT2D eigenvalue weighted by atomic mass is 19.4. The molecule has 0 N–H and O–H groups in total. The highest BCUT2D eigenvalue weighted by Gasteiger charge is 2.24. The van der Waals surface area contributed by atoms with Crippen LogP contribution in [0.5, 0.6) is 5.75 Å². The number of methoxy groups -OCH3 is 1. The molecule has 1 aliphatic rings. The average molecular weight is 509 g/mol. The molecule has 0 radical (unpaired) electrons. The van der Waals surface area contributed by atoms with Crippen molar-refractivity contribution in [3.63, 3.8) is 0 Å². The van der Waals surface area contributed by atoms with Crippen LogP contribution >= 0.6 is 0 Å². The second-order valence-corrected chi connectivity index (χ2v) is 7.70. The molecule has 1 saturated heterocycles. The number of halogens is 4. The van der Waals surface area contributed by atoms with Gasteiger partial charge >= 0.3 is 6.18 Å². The van der Waals surface area contributed by atoms with Gasteiger partial charge in [-0.3, -0.25) is 9.80 Å². The van der Waals surface area contributed by atoms with Crippen molar-refractivity contribution in [2.45, 2.75) is 68.0 Å². The quantitative estimate of drug-likeness (QED) is 0.260. The molecule has 204 valence electrons. The number of carbonyl (C=O) groups is 1. The van der Waals surface area contributed by atoms with Crippen molar-refractivity contribution in [2.24, 2.45) is 5.10 Å². The number of carbonyl (C=O) groups excluding carboxylic acids is 1. The van der Waals surface area contributed by atoms with Crippen molar-refractivity contribution in [1.82, 2.24) is 9.91 Å². The molecule has 0 aliphatic carbocycles. The van der Waals surface area contributed by atoms with Crippen LogP contribution in [0.4, 0.5) is 23.2 Å². The van der Waals surface area contributed by atoms with Crippen LogP contribution in [0.2, 0.25) is 0 Å². The van der Waals surface area contributed by atoms with Gasteiger partial charge in [0, 0.05) is 51.4 Å². The molecule has 1 amide bonds. The molecule has 0 bridgehead atoms. The molecule has 10 heteroatoms.